The van der Waals surface area contributed by atoms with E-state index in [2.05, 4.69) is 48.6 Å². The molecule has 0 aliphatic carbocycles. The third-order valence-corrected chi connectivity index (χ3v) is 3.24. The molecule has 0 fully saturated rings. The molecule has 6 nitrogen and oxygen atoms in total. The summed E-state index contributed by atoms with van der Waals surface area (Å²) in [5.41, 5.74) is 0.444. The van der Waals surface area contributed by atoms with Crippen LogP contribution in [-0.2, 0) is 16.9 Å². The lowest BCUT2D eigenvalue weighted by Gasteiger charge is -2.26. The number of rotatable bonds is 10. The second-order valence-electron chi connectivity index (χ2n) is 6.26. The summed E-state index contributed by atoms with van der Waals surface area (Å²) in [6, 6.07) is 0.770. The number of hydrogen-bond donors (Lipinski definition) is 2. The van der Waals surface area contributed by atoms with Crippen LogP contribution in [0.25, 0.3) is 0 Å². The van der Waals surface area contributed by atoms with Gasteiger partial charge in [-0.1, -0.05) is 26.0 Å². The van der Waals surface area contributed by atoms with E-state index in [1.807, 2.05) is 24.7 Å². The van der Waals surface area contributed by atoms with Gasteiger partial charge in [0, 0.05) is 18.6 Å². The Kier molecular flexibility index (Phi) is 7.28. The maximum Gasteiger partial charge on any atom is 0.114 e. The number of hydrogen-bond acceptors (Lipinski definition) is 5. The van der Waals surface area contributed by atoms with Gasteiger partial charge in [-0.05, 0) is 27.3 Å². The van der Waals surface area contributed by atoms with Gasteiger partial charge in [0.25, 0.3) is 0 Å². The summed E-state index contributed by atoms with van der Waals surface area (Å²) in [5.74, 6) is 0. The molecular weight excluding hydrogens is 266 g/mol. The number of ether oxygens (including phenoxy) is 1. The fourth-order valence-electron chi connectivity index (χ4n) is 2.08. The van der Waals surface area contributed by atoms with Gasteiger partial charge in [0.15, 0.2) is 0 Å². The molecule has 0 saturated carbocycles. The van der Waals surface area contributed by atoms with Gasteiger partial charge in [-0.15, -0.1) is 5.10 Å². The number of nitrogens with zero attached hydrogens (tertiary/aromatic N) is 3. The first-order valence-corrected chi connectivity index (χ1v) is 7.86. The average Bonchev–Trinajstić information content (AvgIpc) is 2.86. The fraction of sp³-hybridized carbons (Fsp3) is 0.867. The van der Waals surface area contributed by atoms with Crippen LogP contribution in [0, 0.1) is 0 Å². The lowest BCUT2D eigenvalue weighted by atomic mass is 10.1. The summed E-state index contributed by atoms with van der Waals surface area (Å²) in [6.45, 7) is 15.9. The zero-order valence-electron chi connectivity index (χ0n) is 14.3. The largest absolute Gasteiger partial charge is 0.368 e. The van der Waals surface area contributed by atoms with Crippen molar-refractivity contribution in [3.05, 3.63) is 11.9 Å². The van der Waals surface area contributed by atoms with Crippen molar-refractivity contribution < 1.29 is 4.74 Å². The van der Waals surface area contributed by atoms with Crippen LogP contribution < -0.4 is 10.6 Å². The number of aromatic nitrogens is 3. The molecule has 0 bridgehead atoms. The van der Waals surface area contributed by atoms with Crippen molar-refractivity contribution in [2.45, 2.75) is 65.8 Å². The third kappa shape index (κ3) is 6.54. The Hall–Kier alpha value is -0.980. The van der Waals surface area contributed by atoms with Gasteiger partial charge in [0.2, 0.25) is 0 Å². The van der Waals surface area contributed by atoms with Crippen molar-refractivity contribution in [1.82, 2.24) is 25.6 Å². The van der Waals surface area contributed by atoms with E-state index in [0.717, 1.165) is 25.3 Å². The highest BCUT2D eigenvalue weighted by Crippen LogP contribution is 2.22. The van der Waals surface area contributed by atoms with E-state index < -0.39 is 5.60 Å². The van der Waals surface area contributed by atoms with Gasteiger partial charge in [-0.25, -0.2) is 0 Å². The molecule has 2 N–H and O–H groups in total. The van der Waals surface area contributed by atoms with Gasteiger partial charge < -0.3 is 15.4 Å². The van der Waals surface area contributed by atoms with Crippen LogP contribution in [0.5, 0.6) is 0 Å². The Morgan fingerprint density at radius 3 is 2.67 bits per heavy atom. The number of nitrogens with one attached hydrogen (secondary N) is 2. The highest BCUT2D eigenvalue weighted by atomic mass is 16.5. The van der Waals surface area contributed by atoms with E-state index in [1.54, 1.807) is 0 Å². The molecule has 1 aromatic heterocycles. The molecular formula is C15H31N5O. The van der Waals surface area contributed by atoms with Crippen LogP contribution in [0.1, 0.15) is 47.2 Å². The summed E-state index contributed by atoms with van der Waals surface area (Å²) in [7, 11) is 0. The first-order chi connectivity index (χ1) is 9.85. The zero-order valence-corrected chi connectivity index (χ0v) is 14.3. The van der Waals surface area contributed by atoms with E-state index in [0.29, 0.717) is 18.7 Å². The minimum atomic E-state index is -0.427. The highest BCUT2D eigenvalue weighted by Gasteiger charge is 2.25. The van der Waals surface area contributed by atoms with Gasteiger partial charge in [0.1, 0.15) is 11.3 Å². The van der Waals surface area contributed by atoms with E-state index in [9.17, 15) is 0 Å². The summed E-state index contributed by atoms with van der Waals surface area (Å²) < 4.78 is 7.88. The molecule has 21 heavy (non-hydrogen) atoms. The molecule has 0 amide bonds. The van der Waals surface area contributed by atoms with Gasteiger partial charge in [-0.3, -0.25) is 4.68 Å². The van der Waals surface area contributed by atoms with E-state index in [-0.39, 0.29) is 0 Å². The fourth-order valence-corrected chi connectivity index (χ4v) is 2.08. The third-order valence-electron chi connectivity index (χ3n) is 3.24. The first kappa shape index (κ1) is 18.1. The van der Waals surface area contributed by atoms with Gasteiger partial charge in [-0.2, -0.15) is 0 Å². The molecule has 0 aromatic carbocycles. The van der Waals surface area contributed by atoms with Gasteiger partial charge in [0.05, 0.1) is 19.3 Å². The number of likely N-dealkylation sites (N-methyl/N-ethyl adjacent to an activating group) is 1. The van der Waals surface area contributed by atoms with Crippen molar-refractivity contribution in [3.8, 4) is 0 Å². The van der Waals surface area contributed by atoms with Crippen LogP contribution in [0.4, 0.5) is 0 Å². The standard InChI is InChI=1S/C15H31N5O/c1-7-16-8-9-20-10-14(18-19-20)15(5,6)21-11-13(4)17-12(2)3/h10,12-13,16-17H,7-9,11H2,1-6H3. The molecule has 0 aliphatic rings. The normalized spacial score (nSPS) is 13.9. The van der Waals surface area contributed by atoms with E-state index >= 15 is 0 Å². The van der Waals surface area contributed by atoms with Crippen LogP contribution in [0.2, 0.25) is 0 Å². The van der Waals surface area contributed by atoms with Crippen LogP contribution >= 0.6 is 0 Å². The molecule has 0 saturated heterocycles. The van der Waals surface area contributed by atoms with Crippen molar-refractivity contribution in [1.29, 1.82) is 0 Å². The minimum absolute atomic E-state index is 0.313. The molecule has 1 heterocycles. The molecule has 0 spiro atoms. The molecule has 0 aliphatic heterocycles. The molecule has 1 aromatic rings. The minimum Gasteiger partial charge on any atom is -0.368 e. The summed E-state index contributed by atoms with van der Waals surface area (Å²) in [4.78, 5) is 0. The molecule has 1 unspecified atom stereocenters. The summed E-state index contributed by atoms with van der Waals surface area (Å²) in [5, 5.41) is 15.1. The van der Waals surface area contributed by atoms with Crippen LogP contribution in [0.15, 0.2) is 6.20 Å². The lowest BCUT2D eigenvalue weighted by Crippen LogP contribution is -2.38. The average molecular weight is 297 g/mol. The quantitative estimate of drug-likeness (QED) is 0.641. The molecule has 1 rings (SSSR count). The molecule has 1 atom stereocenters. The molecule has 0 radical (unpaired) electrons. The van der Waals surface area contributed by atoms with Crippen molar-refractivity contribution in [3.63, 3.8) is 0 Å². The van der Waals surface area contributed by atoms with Crippen LogP contribution in [-0.4, -0.2) is 46.8 Å². The van der Waals surface area contributed by atoms with Crippen molar-refractivity contribution in [2.75, 3.05) is 19.7 Å². The Balaban J connectivity index is 2.49. The summed E-state index contributed by atoms with van der Waals surface area (Å²) in [6.07, 6.45) is 1.97. The monoisotopic (exact) mass is 297 g/mol. The lowest BCUT2D eigenvalue weighted by molar-refractivity contribution is -0.0341. The Bertz CT molecular complexity index is 403. The maximum atomic E-state index is 6.02. The zero-order chi connectivity index (χ0) is 15.9. The molecule has 122 valence electrons. The summed E-state index contributed by atoms with van der Waals surface area (Å²) >= 11 is 0. The van der Waals surface area contributed by atoms with Crippen LogP contribution in [0.3, 0.4) is 0 Å². The maximum absolute atomic E-state index is 6.02. The Morgan fingerprint density at radius 1 is 1.33 bits per heavy atom. The Labute approximate surface area is 128 Å². The van der Waals surface area contributed by atoms with E-state index in [1.165, 1.54) is 0 Å². The second-order valence-corrected chi connectivity index (χ2v) is 6.26. The smallest absolute Gasteiger partial charge is 0.114 e. The second kappa shape index (κ2) is 8.46. The van der Waals surface area contributed by atoms with Gasteiger partial charge >= 0.3 is 0 Å². The topological polar surface area (TPSA) is 64.0 Å². The predicted octanol–water partition coefficient (Wildman–Crippen LogP) is 1.53. The molecule has 6 heteroatoms. The first-order valence-electron chi connectivity index (χ1n) is 7.86. The van der Waals surface area contributed by atoms with Crippen molar-refractivity contribution in [2.24, 2.45) is 0 Å². The Morgan fingerprint density at radius 2 is 2.05 bits per heavy atom. The predicted molar refractivity (Wildman–Crippen MR) is 85.3 cm³/mol. The van der Waals surface area contributed by atoms with E-state index in [4.69, 9.17) is 4.74 Å². The highest BCUT2D eigenvalue weighted by molar-refractivity contribution is 5.04. The SMILES string of the molecule is CCNCCn1cc(C(C)(C)OCC(C)NC(C)C)nn1. The van der Waals surface area contributed by atoms with Crippen molar-refractivity contribution >= 4 is 0 Å².